The van der Waals surface area contributed by atoms with Gasteiger partial charge in [0.2, 0.25) is 0 Å². The molecule has 5 heteroatoms. The summed E-state index contributed by atoms with van der Waals surface area (Å²) in [7, 11) is 2.09. The third-order valence-electron chi connectivity index (χ3n) is 4.02. The fourth-order valence-electron chi connectivity index (χ4n) is 3.03. The Morgan fingerprint density at radius 2 is 2.05 bits per heavy atom. The molecule has 0 fully saturated rings. The van der Waals surface area contributed by atoms with Gasteiger partial charge in [-0.05, 0) is 32.9 Å². The minimum absolute atomic E-state index is 0.229. The van der Waals surface area contributed by atoms with Crippen molar-refractivity contribution in [2.45, 2.75) is 39.3 Å². The Morgan fingerprint density at radius 3 is 2.73 bits per heavy atom. The maximum atomic E-state index is 12.3. The Hall–Kier alpha value is -1.49. The number of benzene rings is 1. The second-order valence-electron chi connectivity index (χ2n) is 6.80. The van der Waals surface area contributed by atoms with Crippen LogP contribution in [0.25, 0.3) is 10.9 Å². The zero-order valence-electron chi connectivity index (χ0n) is 13.4. The van der Waals surface area contributed by atoms with Crippen LogP contribution in [0.15, 0.2) is 22.7 Å². The molecule has 1 amide bonds. The first-order chi connectivity index (χ1) is 10.3. The average Bonchev–Trinajstić information content (AvgIpc) is 2.70. The first-order valence-corrected chi connectivity index (χ1v) is 8.29. The van der Waals surface area contributed by atoms with Gasteiger partial charge in [0.25, 0.3) is 0 Å². The summed E-state index contributed by atoms with van der Waals surface area (Å²) in [5.41, 5.74) is 3.29. The van der Waals surface area contributed by atoms with E-state index in [4.69, 9.17) is 4.74 Å². The molecule has 0 saturated heterocycles. The smallest absolute Gasteiger partial charge is 0.410 e. The number of carbonyl (C=O) groups is 1. The van der Waals surface area contributed by atoms with E-state index in [1.165, 1.54) is 22.2 Å². The second kappa shape index (κ2) is 5.30. The van der Waals surface area contributed by atoms with Gasteiger partial charge in [0.05, 0.1) is 6.54 Å². The average molecular weight is 365 g/mol. The monoisotopic (exact) mass is 364 g/mol. The number of hydrogen-bond donors (Lipinski definition) is 0. The molecule has 118 valence electrons. The van der Waals surface area contributed by atoms with E-state index in [2.05, 4.69) is 45.7 Å². The number of fused-ring (bicyclic) bond motifs is 3. The molecule has 22 heavy (non-hydrogen) atoms. The number of hydrogen-bond acceptors (Lipinski definition) is 2. The van der Waals surface area contributed by atoms with Crippen molar-refractivity contribution in [2.24, 2.45) is 7.05 Å². The Labute approximate surface area is 139 Å². The van der Waals surface area contributed by atoms with E-state index in [-0.39, 0.29) is 6.09 Å². The Balaban J connectivity index is 1.94. The van der Waals surface area contributed by atoms with Crippen molar-refractivity contribution in [1.29, 1.82) is 0 Å². The molecule has 1 aromatic heterocycles. The number of aromatic nitrogens is 1. The molecule has 0 unspecified atom stereocenters. The van der Waals surface area contributed by atoms with Gasteiger partial charge in [0, 0.05) is 46.6 Å². The number of nitrogens with zero attached hydrogens (tertiary/aromatic N) is 2. The molecular formula is C17H21BrN2O2. The van der Waals surface area contributed by atoms with Crippen LogP contribution in [-0.4, -0.2) is 27.7 Å². The number of ether oxygens (including phenoxy) is 1. The standard InChI is InChI=1S/C17H21BrN2O2/c1-17(2,3)22-16(21)20-8-7-14-13(10-20)12-6-5-11(18)9-15(12)19(14)4/h5-6,9H,7-8,10H2,1-4H3. The highest BCUT2D eigenvalue weighted by molar-refractivity contribution is 9.10. The second-order valence-corrected chi connectivity index (χ2v) is 7.71. The van der Waals surface area contributed by atoms with Crippen LogP contribution in [0.1, 0.15) is 32.0 Å². The summed E-state index contributed by atoms with van der Waals surface area (Å²) in [6, 6.07) is 6.30. The number of halogens is 1. The van der Waals surface area contributed by atoms with Crippen molar-refractivity contribution >= 4 is 32.9 Å². The molecule has 4 nitrogen and oxygen atoms in total. The molecule has 0 spiro atoms. The summed E-state index contributed by atoms with van der Waals surface area (Å²) in [6.45, 7) is 7.01. The van der Waals surface area contributed by atoms with E-state index in [9.17, 15) is 4.79 Å². The van der Waals surface area contributed by atoms with E-state index < -0.39 is 5.60 Å². The van der Waals surface area contributed by atoms with Gasteiger partial charge in [-0.3, -0.25) is 0 Å². The van der Waals surface area contributed by atoms with Crippen LogP contribution in [0.5, 0.6) is 0 Å². The van der Waals surface area contributed by atoms with Crippen LogP contribution >= 0.6 is 15.9 Å². The van der Waals surface area contributed by atoms with Gasteiger partial charge in [0.1, 0.15) is 5.60 Å². The molecule has 1 aliphatic heterocycles. The van der Waals surface area contributed by atoms with Crippen LogP contribution in [0, 0.1) is 0 Å². The van der Waals surface area contributed by atoms with Crippen molar-refractivity contribution < 1.29 is 9.53 Å². The fourth-order valence-corrected chi connectivity index (χ4v) is 3.38. The van der Waals surface area contributed by atoms with Gasteiger partial charge in [-0.2, -0.15) is 0 Å². The van der Waals surface area contributed by atoms with Crippen LogP contribution in [-0.2, 0) is 24.8 Å². The molecule has 3 rings (SSSR count). The van der Waals surface area contributed by atoms with Gasteiger partial charge < -0.3 is 14.2 Å². The Morgan fingerprint density at radius 1 is 1.32 bits per heavy atom. The number of carbonyl (C=O) groups excluding carboxylic acids is 1. The molecule has 0 aliphatic carbocycles. The molecule has 1 aliphatic rings. The van der Waals surface area contributed by atoms with Crippen LogP contribution in [0.4, 0.5) is 4.79 Å². The van der Waals surface area contributed by atoms with Crippen molar-refractivity contribution in [3.05, 3.63) is 33.9 Å². The van der Waals surface area contributed by atoms with E-state index in [0.717, 1.165) is 10.9 Å². The van der Waals surface area contributed by atoms with Gasteiger partial charge in [-0.25, -0.2) is 4.79 Å². The summed E-state index contributed by atoms with van der Waals surface area (Å²) in [5.74, 6) is 0. The maximum Gasteiger partial charge on any atom is 0.410 e. The zero-order valence-corrected chi connectivity index (χ0v) is 15.0. The quantitative estimate of drug-likeness (QED) is 0.700. The molecule has 0 bridgehead atoms. The molecule has 0 radical (unpaired) electrons. The minimum Gasteiger partial charge on any atom is -0.444 e. The summed E-state index contributed by atoms with van der Waals surface area (Å²) in [6.07, 6.45) is 0.629. The predicted molar refractivity (Wildman–Crippen MR) is 91.0 cm³/mol. The van der Waals surface area contributed by atoms with Crippen LogP contribution in [0.2, 0.25) is 0 Å². The lowest BCUT2D eigenvalue weighted by Gasteiger charge is -2.30. The molecular weight excluding hydrogens is 344 g/mol. The SMILES string of the molecule is Cn1c2c(c3ccc(Br)cc31)CN(C(=O)OC(C)(C)C)CC2. The van der Waals surface area contributed by atoms with Crippen LogP contribution in [0.3, 0.4) is 0 Å². The highest BCUT2D eigenvalue weighted by Gasteiger charge is 2.28. The number of amides is 1. The zero-order chi connectivity index (χ0) is 16.1. The lowest BCUT2D eigenvalue weighted by Crippen LogP contribution is -2.40. The van der Waals surface area contributed by atoms with Crippen LogP contribution < -0.4 is 0 Å². The summed E-state index contributed by atoms with van der Waals surface area (Å²) in [5, 5.41) is 1.22. The Bertz CT molecular complexity index is 743. The number of aryl methyl sites for hydroxylation is 1. The summed E-state index contributed by atoms with van der Waals surface area (Å²) < 4.78 is 8.81. The third-order valence-corrected chi connectivity index (χ3v) is 4.51. The first-order valence-electron chi connectivity index (χ1n) is 7.50. The highest BCUT2D eigenvalue weighted by Crippen LogP contribution is 2.32. The molecule has 2 heterocycles. The van der Waals surface area contributed by atoms with Gasteiger partial charge in [-0.15, -0.1) is 0 Å². The normalized spacial score (nSPS) is 15.0. The lowest BCUT2D eigenvalue weighted by atomic mass is 10.0. The molecule has 1 aromatic carbocycles. The predicted octanol–water partition coefficient (Wildman–Crippen LogP) is 4.23. The minimum atomic E-state index is -0.457. The fraction of sp³-hybridized carbons (Fsp3) is 0.471. The van der Waals surface area contributed by atoms with Crippen molar-refractivity contribution in [1.82, 2.24) is 9.47 Å². The van der Waals surface area contributed by atoms with Gasteiger partial charge >= 0.3 is 6.09 Å². The summed E-state index contributed by atoms with van der Waals surface area (Å²) >= 11 is 3.53. The van der Waals surface area contributed by atoms with Gasteiger partial charge in [0.15, 0.2) is 0 Å². The van der Waals surface area contributed by atoms with Crippen molar-refractivity contribution in [3.63, 3.8) is 0 Å². The van der Waals surface area contributed by atoms with Crippen molar-refractivity contribution in [3.8, 4) is 0 Å². The van der Waals surface area contributed by atoms with E-state index >= 15 is 0 Å². The summed E-state index contributed by atoms with van der Waals surface area (Å²) in [4.78, 5) is 14.1. The highest BCUT2D eigenvalue weighted by atomic mass is 79.9. The van der Waals surface area contributed by atoms with E-state index in [1.807, 2.05) is 20.8 Å². The lowest BCUT2D eigenvalue weighted by molar-refractivity contribution is 0.0223. The maximum absolute atomic E-state index is 12.3. The molecule has 0 atom stereocenters. The number of rotatable bonds is 0. The van der Waals surface area contributed by atoms with E-state index in [0.29, 0.717) is 13.1 Å². The third kappa shape index (κ3) is 2.74. The Kier molecular flexibility index (Phi) is 3.71. The molecule has 2 aromatic rings. The molecule has 0 N–H and O–H groups in total. The van der Waals surface area contributed by atoms with E-state index in [1.54, 1.807) is 4.90 Å². The topological polar surface area (TPSA) is 34.5 Å². The largest absolute Gasteiger partial charge is 0.444 e. The molecule has 0 saturated carbocycles. The first kappa shape index (κ1) is 15.4. The van der Waals surface area contributed by atoms with Crippen molar-refractivity contribution in [2.75, 3.05) is 6.54 Å². The van der Waals surface area contributed by atoms with Gasteiger partial charge in [-0.1, -0.05) is 22.0 Å².